The second kappa shape index (κ2) is 7.44. The van der Waals surface area contributed by atoms with Gasteiger partial charge in [0, 0.05) is 12.8 Å². The van der Waals surface area contributed by atoms with Crippen molar-refractivity contribution in [3.63, 3.8) is 0 Å². The maximum atomic E-state index is 11.7. The van der Waals surface area contributed by atoms with E-state index in [1.807, 2.05) is 0 Å². The number of nitrogens with zero attached hydrogens (tertiary/aromatic N) is 1. The number of unbranched alkanes of at least 4 members (excludes halogenated alkanes) is 1. The lowest BCUT2D eigenvalue weighted by Crippen LogP contribution is -2.34. The van der Waals surface area contributed by atoms with Crippen molar-refractivity contribution in [2.45, 2.75) is 39.0 Å². The molecule has 0 aromatic carbocycles. The molecule has 1 aliphatic rings. The molecule has 2 unspecified atom stereocenters. The third kappa shape index (κ3) is 4.35. The molecule has 0 aromatic heterocycles. The van der Waals surface area contributed by atoms with Crippen molar-refractivity contribution in [3.8, 4) is 0 Å². The van der Waals surface area contributed by atoms with Crippen LogP contribution in [0.4, 0.5) is 0 Å². The lowest BCUT2D eigenvalue weighted by atomic mass is 10.0. The van der Waals surface area contributed by atoms with Gasteiger partial charge in [-0.25, -0.2) is 4.79 Å². The van der Waals surface area contributed by atoms with Crippen molar-refractivity contribution in [1.29, 1.82) is 0 Å². The van der Waals surface area contributed by atoms with E-state index in [1.165, 1.54) is 0 Å². The molecular weight excluding hydrogens is 255 g/mol. The van der Waals surface area contributed by atoms with Crippen LogP contribution in [0.1, 0.15) is 39.0 Å². The molecule has 18 heavy (non-hydrogen) atoms. The van der Waals surface area contributed by atoms with Gasteiger partial charge in [-0.3, -0.25) is 9.59 Å². The number of rotatable bonds is 7. The van der Waals surface area contributed by atoms with Gasteiger partial charge in [0.2, 0.25) is 0 Å². The highest BCUT2D eigenvalue weighted by molar-refractivity contribution is 7.13. The van der Waals surface area contributed by atoms with Crippen molar-refractivity contribution >= 4 is 27.2 Å². The molecule has 1 rings (SSSR count). The molecule has 1 N–H and O–H groups in total. The van der Waals surface area contributed by atoms with E-state index in [4.69, 9.17) is 4.84 Å². The molecule has 0 aliphatic carbocycles. The monoisotopic (exact) mass is 274 g/mol. The van der Waals surface area contributed by atoms with E-state index < -0.39 is 17.8 Å². The van der Waals surface area contributed by atoms with E-state index in [0.29, 0.717) is 11.5 Å². The highest BCUT2D eigenvalue weighted by Gasteiger charge is 2.33. The minimum atomic E-state index is -0.516. The second-order valence-corrected chi connectivity index (χ2v) is 4.75. The highest BCUT2D eigenvalue weighted by atomic mass is 31.0. The molecule has 1 heterocycles. The van der Waals surface area contributed by atoms with E-state index in [0.717, 1.165) is 19.4 Å². The Labute approximate surface area is 109 Å². The highest BCUT2D eigenvalue weighted by Crippen LogP contribution is 2.16. The van der Waals surface area contributed by atoms with Gasteiger partial charge < -0.3 is 9.92 Å². The molecule has 7 heteroatoms. The molecule has 1 aliphatic heterocycles. The maximum Gasteiger partial charge on any atom is 0.335 e. The predicted octanol–water partition coefficient (Wildman–Crippen LogP) is 0.780. The number of hydrogen-bond acceptors (Lipinski definition) is 5. The molecule has 0 radical (unpaired) electrons. The molecule has 2 amide bonds. The fourth-order valence-electron chi connectivity index (χ4n) is 1.63. The Morgan fingerprint density at radius 2 is 2.00 bits per heavy atom. The number of hydrogen-bond donors (Lipinski definition) is 1. The van der Waals surface area contributed by atoms with Gasteiger partial charge in [0.25, 0.3) is 11.8 Å². The molecule has 1 fully saturated rings. The Bertz CT molecular complexity index is 319. The fourth-order valence-corrected chi connectivity index (χ4v) is 1.84. The standard InChI is InChI=1S/C11H19N2O4P/c1-8(4-2-3-7-12-18)11(16)17-13-9(14)5-6-10(13)15/h8,12H,2-7,18H2,1H3. The van der Waals surface area contributed by atoms with Gasteiger partial charge in [0.1, 0.15) is 0 Å². The summed E-state index contributed by atoms with van der Waals surface area (Å²) in [5.74, 6) is -1.70. The van der Waals surface area contributed by atoms with Crippen LogP contribution in [0.3, 0.4) is 0 Å². The second-order valence-electron chi connectivity index (χ2n) is 4.34. The molecule has 0 saturated carbocycles. The van der Waals surface area contributed by atoms with E-state index in [2.05, 4.69) is 14.5 Å². The van der Waals surface area contributed by atoms with Gasteiger partial charge >= 0.3 is 5.97 Å². The summed E-state index contributed by atoms with van der Waals surface area (Å²) in [4.78, 5) is 39.0. The third-order valence-corrected chi connectivity index (χ3v) is 3.09. The molecule has 0 spiro atoms. The first kappa shape index (κ1) is 15.1. The number of hydroxylamine groups is 2. The number of carbonyl (C=O) groups is 3. The number of nitrogens with one attached hydrogen (secondary N) is 1. The van der Waals surface area contributed by atoms with Gasteiger partial charge in [0.05, 0.1) is 5.92 Å². The predicted molar refractivity (Wildman–Crippen MR) is 67.9 cm³/mol. The maximum absolute atomic E-state index is 11.7. The SMILES string of the molecule is CC(CCCCNP)C(=O)ON1C(=O)CCC1=O. The van der Waals surface area contributed by atoms with Crippen LogP contribution in [0.25, 0.3) is 0 Å². The van der Waals surface area contributed by atoms with Gasteiger partial charge in [0.15, 0.2) is 0 Å². The normalized spacial score (nSPS) is 17.1. The molecule has 102 valence electrons. The largest absolute Gasteiger partial charge is 0.335 e. The minimum Gasteiger partial charge on any atom is -0.330 e. The zero-order valence-corrected chi connectivity index (χ0v) is 11.6. The number of imide groups is 1. The average Bonchev–Trinajstić information content (AvgIpc) is 2.66. The summed E-state index contributed by atoms with van der Waals surface area (Å²) in [6, 6.07) is 0. The first-order chi connectivity index (χ1) is 8.56. The molecular formula is C11H19N2O4P. The Morgan fingerprint density at radius 1 is 1.39 bits per heavy atom. The zero-order chi connectivity index (χ0) is 13.5. The average molecular weight is 274 g/mol. The topological polar surface area (TPSA) is 75.7 Å². The van der Waals surface area contributed by atoms with Crippen molar-refractivity contribution in [2.24, 2.45) is 5.92 Å². The van der Waals surface area contributed by atoms with Crippen molar-refractivity contribution in [3.05, 3.63) is 0 Å². The van der Waals surface area contributed by atoms with Crippen LogP contribution in [0.5, 0.6) is 0 Å². The summed E-state index contributed by atoms with van der Waals surface area (Å²) in [6.45, 7) is 2.61. The summed E-state index contributed by atoms with van der Waals surface area (Å²) in [6.07, 6.45) is 2.78. The molecule has 1 saturated heterocycles. The van der Waals surface area contributed by atoms with Crippen LogP contribution >= 0.6 is 9.39 Å². The molecule has 0 bridgehead atoms. The summed E-state index contributed by atoms with van der Waals surface area (Å²) in [5, 5.41) is 3.54. The fraction of sp³-hybridized carbons (Fsp3) is 0.727. The Balaban J connectivity index is 2.31. The number of carbonyl (C=O) groups excluding carboxylic acids is 3. The summed E-state index contributed by atoms with van der Waals surface area (Å²) >= 11 is 0. The Kier molecular flexibility index (Phi) is 6.22. The molecule has 6 nitrogen and oxygen atoms in total. The van der Waals surface area contributed by atoms with E-state index in [9.17, 15) is 14.4 Å². The third-order valence-electron chi connectivity index (χ3n) is 2.80. The number of amides is 2. The quantitative estimate of drug-likeness (QED) is 0.422. The lowest BCUT2D eigenvalue weighted by molar-refractivity contribution is -0.200. The minimum absolute atomic E-state index is 0.125. The lowest BCUT2D eigenvalue weighted by Gasteiger charge is -2.16. The van der Waals surface area contributed by atoms with Gasteiger partial charge in [-0.2, -0.15) is 0 Å². The molecule has 2 atom stereocenters. The van der Waals surface area contributed by atoms with Crippen LogP contribution in [0.15, 0.2) is 0 Å². The Morgan fingerprint density at radius 3 is 2.56 bits per heavy atom. The van der Waals surface area contributed by atoms with Crippen LogP contribution in [-0.4, -0.2) is 29.4 Å². The summed E-state index contributed by atoms with van der Waals surface area (Å²) < 4.78 is 0. The van der Waals surface area contributed by atoms with Crippen LogP contribution in [-0.2, 0) is 19.2 Å². The van der Waals surface area contributed by atoms with Crippen LogP contribution in [0.2, 0.25) is 0 Å². The van der Waals surface area contributed by atoms with Crippen molar-refractivity contribution in [2.75, 3.05) is 6.54 Å². The van der Waals surface area contributed by atoms with E-state index in [-0.39, 0.29) is 18.8 Å². The van der Waals surface area contributed by atoms with Crippen LogP contribution < -0.4 is 5.09 Å². The van der Waals surface area contributed by atoms with Crippen molar-refractivity contribution in [1.82, 2.24) is 10.2 Å². The smallest absolute Gasteiger partial charge is 0.330 e. The van der Waals surface area contributed by atoms with Crippen LogP contribution in [0, 0.1) is 5.92 Å². The van der Waals surface area contributed by atoms with Gasteiger partial charge in [-0.1, -0.05) is 22.7 Å². The van der Waals surface area contributed by atoms with Gasteiger partial charge in [-0.15, -0.1) is 5.06 Å². The molecule has 0 aromatic rings. The summed E-state index contributed by atoms with van der Waals surface area (Å²) in [7, 11) is 2.42. The van der Waals surface area contributed by atoms with E-state index >= 15 is 0 Å². The van der Waals surface area contributed by atoms with E-state index in [1.54, 1.807) is 6.92 Å². The summed E-state index contributed by atoms with van der Waals surface area (Å²) in [5.41, 5.74) is 0. The Hall–Kier alpha value is -1.00. The van der Waals surface area contributed by atoms with Crippen molar-refractivity contribution < 1.29 is 19.2 Å². The first-order valence-electron chi connectivity index (χ1n) is 6.07. The van der Waals surface area contributed by atoms with Gasteiger partial charge in [-0.05, 0) is 19.4 Å². The first-order valence-corrected chi connectivity index (χ1v) is 6.65. The zero-order valence-electron chi connectivity index (χ0n) is 10.5.